The third-order valence-electron chi connectivity index (χ3n) is 2.39. The standard InChI is InChI=1S/C14H14O/c1-3-11(2)15-14-10-6-8-12-7-4-5-9-13(12)14/h3-11H,1H2,2H3. The molecule has 0 spiro atoms. The Balaban J connectivity index is 2.46. The number of hydrogen-bond donors (Lipinski definition) is 0. The van der Waals surface area contributed by atoms with Gasteiger partial charge in [-0.2, -0.15) is 0 Å². The lowest BCUT2D eigenvalue weighted by Crippen LogP contribution is -2.07. The molecular weight excluding hydrogens is 184 g/mol. The average molecular weight is 198 g/mol. The summed E-state index contributed by atoms with van der Waals surface area (Å²) in [5.41, 5.74) is 0. The van der Waals surface area contributed by atoms with Crippen LogP contribution in [-0.2, 0) is 0 Å². The Bertz CT molecular complexity index is 468. The molecule has 0 fully saturated rings. The van der Waals surface area contributed by atoms with Gasteiger partial charge in [-0.15, -0.1) is 0 Å². The highest BCUT2D eigenvalue weighted by molar-refractivity contribution is 5.88. The summed E-state index contributed by atoms with van der Waals surface area (Å²) in [5.74, 6) is 0.917. The van der Waals surface area contributed by atoms with E-state index in [1.54, 1.807) is 6.08 Å². The molecule has 0 aromatic heterocycles. The van der Waals surface area contributed by atoms with Gasteiger partial charge in [-0.3, -0.25) is 0 Å². The van der Waals surface area contributed by atoms with E-state index < -0.39 is 0 Å². The molecule has 0 amide bonds. The molecule has 0 aliphatic heterocycles. The smallest absolute Gasteiger partial charge is 0.128 e. The summed E-state index contributed by atoms with van der Waals surface area (Å²) in [6, 6.07) is 14.3. The second kappa shape index (κ2) is 4.18. The second-order valence-electron chi connectivity index (χ2n) is 3.54. The monoisotopic (exact) mass is 198 g/mol. The van der Waals surface area contributed by atoms with E-state index in [1.165, 1.54) is 5.39 Å². The van der Waals surface area contributed by atoms with E-state index in [0.29, 0.717) is 0 Å². The van der Waals surface area contributed by atoms with Crippen LogP contribution in [0.4, 0.5) is 0 Å². The molecule has 15 heavy (non-hydrogen) atoms. The maximum Gasteiger partial charge on any atom is 0.128 e. The zero-order chi connectivity index (χ0) is 10.7. The molecule has 0 saturated heterocycles. The summed E-state index contributed by atoms with van der Waals surface area (Å²) in [6.45, 7) is 5.69. The predicted molar refractivity (Wildman–Crippen MR) is 64.2 cm³/mol. The van der Waals surface area contributed by atoms with Crippen molar-refractivity contribution in [2.45, 2.75) is 13.0 Å². The number of hydrogen-bond acceptors (Lipinski definition) is 1. The first-order valence-electron chi connectivity index (χ1n) is 5.08. The molecule has 1 heteroatoms. The first kappa shape index (κ1) is 9.78. The van der Waals surface area contributed by atoms with Gasteiger partial charge in [0.2, 0.25) is 0 Å². The molecule has 2 rings (SSSR count). The zero-order valence-electron chi connectivity index (χ0n) is 8.81. The first-order chi connectivity index (χ1) is 7.31. The van der Waals surface area contributed by atoms with Crippen LogP contribution in [0.5, 0.6) is 5.75 Å². The first-order valence-corrected chi connectivity index (χ1v) is 5.08. The molecule has 0 bridgehead atoms. The minimum Gasteiger partial charge on any atom is -0.486 e. The molecule has 76 valence electrons. The third-order valence-corrected chi connectivity index (χ3v) is 2.39. The quantitative estimate of drug-likeness (QED) is 0.682. The van der Waals surface area contributed by atoms with E-state index in [9.17, 15) is 0 Å². The minimum atomic E-state index is 0.0378. The molecule has 1 unspecified atom stereocenters. The third kappa shape index (κ3) is 2.01. The molecule has 2 aromatic rings. The van der Waals surface area contributed by atoms with Crippen LogP contribution in [0.1, 0.15) is 6.92 Å². The number of ether oxygens (including phenoxy) is 1. The Labute approximate surface area is 90.0 Å². The van der Waals surface area contributed by atoms with E-state index in [1.807, 2.05) is 31.2 Å². The fourth-order valence-electron chi connectivity index (χ4n) is 1.55. The summed E-state index contributed by atoms with van der Waals surface area (Å²) in [4.78, 5) is 0. The number of fused-ring (bicyclic) bond motifs is 1. The van der Waals surface area contributed by atoms with Crippen LogP contribution in [0.15, 0.2) is 55.1 Å². The summed E-state index contributed by atoms with van der Waals surface area (Å²) in [7, 11) is 0. The highest BCUT2D eigenvalue weighted by Gasteiger charge is 2.03. The van der Waals surface area contributed by atoms with Crippen molar-refractivity contribution in [3.8, 4) is 5.75 Å². The van der Waals surface area contributed by atoms with Crippen LogP contribution >= 0.6 is 0 Å². The molecule has 0 N–H and O–H groups in total. The van der Waals surface area contributed by atoms with Gasteiger partial charge in [0.25, 0.3) is 0 Å². The van der Waals surface area contributed by atoms with Gasteiger partial charge in [-0.25, -0.2) is 0 Å². The molecule has 0 aliphatic carbocycles. The van der Waals surface area contributed by atoms with Crippen molar-refractivity contribution in [1.29, 1.82) is 0 Å². The molecule has 0 saturated carbocycles. The van der Waals surface area contributed by atoms with Crippen LogP contribution in [0.25, 0.3) is 10.8 Å². The summed E-state index contributed by atoms with van der Waals surface area (Å²) in [5, 5.41) is 2.35. The van der Waals surface area contributed by atoms with Crippen LogP contribution in [-0.4, -0.2) is 6.10 Å². The van der Waals surface area contributed by atoms with Gasteiger partial charge >= 0.3 is 0 Å². The van der Waals surface area contributed by atoms with Crippen LogP contribution in [0.3, 0.4) is 0 Å². The van der Waals surface area contributed by atoms with Gasteiger partial charge in [0.05, 0.1) is 0 Å². The molecule has 0 aliphatic rings. The second-order valence-corrected chi connectivity index (χ2v) is 3.54. The Morgan fingerprint density at radius 1 is 1.13 bits per heavy atom. The largest absolute Gasteiger partial charge is 0.486 e. The fourth-order valence-corrected chi connectivity index (χ4v) is 1.55. The van der Waals surface area contributed by atoms with Gasteiger partial charge in [0.1, 0.15) is 11.9 Å². The lowest BCUT2D eigenvalue weighted by atomic mass is 10.1. The Morgan fingerprint density at radius 2 is 1.87 bits per heavy atom. The predicted octanol–water partition coefficient (Wildman–Crippen LogP) is 3.79. The normalized spacial score (nSPS) is 12.3. The van der Waals surface area contributed by atoms with E-state index in [2.05, 4.69) is 24.8 Å². The van der Waals surface area contributed by atoms with Crippen LogP contribution in [0.2, 0.25) is 0 Å². The maximum absolute atomic E-state index is 5.76. The summed E-state index contributed by atoms with van der Waals surface area (Å²) >= 11 is 0. The molecule has 0 heterocycles. The molecule has 1 atom stereocenters. The van der Waals surface area contributed by atoms with Crippen molar-refractivity contribution < 1.29 is 4.74 Å². The van der Waals surface area contributed by atoms with Crippen molar-refractivity contribution in [1.82, 2.24) is 0 Å². The highest BCUT2D eigenvalue weighted by Crippen LogP contribution is 2.25. The summed E-state index contributed by atoms with van der Waals surface area (Å²) < 4.78 is 5.76. The molecule has 1 nitrogen and oxygen atoms in total. The van der Waals surface area contributed by atoms with Crippen molar-refractivity contribution >= 4 is 10.8 Å². The number of benzene rings is 2. The maximum atomic E-state index is 5.76. The van der Waals surface area contributed by atoms with Crippen LogP contribution < -0.4 is 4.74 Å². The minimum absolute atomic E-state index is 0.0378. The lowest BCUT2D eigenvalue weighted by molar-refractivity contribution is 0.273. The molecule has 0 radical (unpaired) electrons. The van der Waals surface area contributed by atoms with E-state index in [4.69, 9.17) is 4.74 Å². The van der Waals surface area contributed by atoms with Gasteiger partial charge in [0, 0.05) is 5.39 Å². The Kier molecular flexibility index (Phi) is 2.72. The van der Waals surface area contributed by atoms with Crippen molar-refractivity contribution in [2.24, 2.45) is 0 Å². The van der Waals surface area contributed by atoms with E-state index >= 15 is 0 Å². The van der Waals surface area contributed by atoms with E-state index in [-0.39, 0.29) is 6.10 Å². The van der Waals surface area contributed by atoms with E-state index in [0.717, 1.165) is 11.1 Å². The summed E-state index contributed by atoms with van der Waals surface area (Å²) in [6.07, 6.45) is 1.83. The topological polar surface area (TPSA) is 9.23 Å². The molecule has 2 aromatic carbocycles. The van der Waals surface area contributed by atoms with Crippen molar-refractivity contribution in [3.05, 3.63) is 55.1 Å². The Hall–Kier alpha value is -1.76. The SMILES string of the molecule is C=CC(C)Oc1cccc2ccccc12. The molecular formula is C14H14O. The average Bonchev–Trinajstić information content (AvgIpc) is 2.29. The van der Waals surface area contributed by atoms with Crippen LogP contribution in [0, 0.1) is 0 Å². The Morgan fingerprint density at radius 3 is 2.67 bits per heavy atom. The zero-order valence-corrected chi connectivity index (χ0v) is 8.81. The van der Waals surface area contributed by atoms with Crippen molar-refractivity contribution in [3.63, 3.8) is 0 Å². The van der Waals surface area contributed by atoms with Crippen molar-refractivity contribution in [2.75, 3.05) is 0 Å². The van der Waals surface area contributed by atoms with Gasteiger partial charge < -0.3 is 4.74 Å². The fraction of sp³-hybridized carbons (Fsp3) is 0.143. The van der Waals surface area contributed by atoms with Gasteiger partial charge in [-0.05, 0) is 18.4 Å². The van der Waals surface area contributed by atoms with Gasteiger partial charge in [-0.1, -0.05) is 49.1 Å². The highest BCUT2D eigenvalue weighted by atomic mass is 16.5. The van der Waals surface area contributed by atoms with Gasteiger partial charge in [0.15, 0.2) is 0 Å². The number of rotatable bonds is 3. The lowest BCUT2D eigenvalue weighted by Gasteiger charge is -2.12.